The van der Waals surface area contributed by atoms with Crippen molar-refractivity contribution in [2.45, 2.75) is 65.6 Å². The van der Waals surface area contributed by atoms with Gasteiger partial charge in [0.1, 0.15) is 11.4 Å². The number of nitrogen functional groups attached to an aromatic ring is 1. The molecule has 118 valence electrons. The SMILES string of the molecule is CC(C)(C)OC(=O)N1CCc2c(nn(C(C)(C)C)c2N)C1. The number of ether oxygens (including phenoxy) is 1. The van der Waals surface area contributed by atoms with Crippen LogP contribution in [0.5, 0.6) is 0 Å². The highest BCUT2D eigenvalue weighted by atomic mass is 16.6. The van der Waals surface area contributed by atoms with Gasteiger partial charge in [-0.05, 0) is 48.0 Å². The number of nitrogens with two attached hydrogens (primary N) is 1. The van der Waals surface area contributed by atoms with Gasteiger partial charge in [-0.25, -0.2) is 9.48 Å². The third-order valence-electron chi connectivity index (χ3n) is 3.37. The molecule has 0 aliphatic carbocycles. The summed E-state index contributed by atoms with van der Waals surface area (Å²) in [6, 6.07) is 0. The number of fused-ring (bicyclic) bond motifs is 1. The number of carbonyl (C=O) groups excluding carboxylic acids is 1. The Balaban J connectivity index is 2.20. The van der Waals surface area contributed by atoms with Gasteiger partial charge in [0.15, 0.2) is 0 Å². The maximum atomic E-state index is 12.2. The van der Waals surface area contributed by atoms with E-state index in [-0.39, 0.29) is 11.6 Å². The number of rotatable bonds is 0. The van der Waals surface area contributed by atoms with Gasteiger partial charge in [0.25, 0.3) is 0 Å². The highest BCUT2D eigenvalue weighted by Crippen LogP contribution is 2.28. The highest BCUT2D eigenvalue weighted by Gasteiger charge is 2.31. The van der Waals surface area contributed by atoms with Gasteiger partial charge in [-0.2, -0.15) is 5.10 Å². The molecule has 1 aliphatic heterocycles. The van der Waals surface area contributed by atoms with Crippen molar-refractivity contribution in [3.05, 3.63) is 11.3 Å². The second-order valence-electron chi connectivity index (χ2n) is 7.55. The van der Waals surface area contributed by atoms with E-state index in [2.05, 4.69) is 25.9 Å². The second kappa shape index (κ2) is 4.93. The lowest BCUT2D eigenvalue weighted by atomic mass is 10.1. The molecule has 2 N–H and O–H groups in total. The van der Waals surface area contributed by atoms with E-state index in [9.17, 15) is 4.79 Å². The summed E-state index contributed by atoms with van der Waals surface area (Å²) in [4.78, 5) is 13.8. The van der Waals surface area contributed by atoms with E-state index in [1.165, 1.54) is 0 Å². The Morgan fingerprint density at radius 2 is 1.86 bits per heavy atom. The van der Waals surface area contributed by atoms with Crippen LogP contribution in [0.3, 0.4) is 0 Å². The fourth-order valence-electron chi connectivity index (χ4n) is 2.41. The second-order valence-corrected chi connectivity index (χ2v) is 7.55. The number of amides is 1. The summed E-state index contributed by atoms with van der Waals surface area (Å²) in [5, 5.41) is 4.59. The Labute approximate surface area is 126 Å². The zero-order valence-corrected chi connectivity index (χ0v) is 13.9. The molecule has 0 spiro atoms. The molecule has 0 radical (unpaired) electrons. The number of anilines is 1. The lowest BCUT2D eigenvalue weighted by Crippen LogP contribution is -2.39. The minimum atomic E-state index is -0.485. The summed E-state index contributed by atoms with van der Waals surface area (Å²) >= 11 is 0. The lowest BCUT2D eigenvalue weighted by Gasteiger charge is -2.29. The number of carbonyl (C=O) groups is 1. The monoisotopic (exact) mass is 294 g/mol. The highest BCUT2D eigenvalue weighted by molar-refractivity contribution is 5.69. The number of hydrogen-bond acceptors (Lipinski definition) is 4. The standard InChI is InChI=1S/C15H26N4O2/c1-14(2,3)19-12(16)10-7-8-18(9-11(10)17-19)13(20)21-15(4,5)6/h7-9,16H2,1-6H3. The van der Waals surface area contributed by atoms with Crippen molar-refractivity contribution in [1.29, 1.82) is 0 Å². The molecule has 21 heavy (non-hydrogen) atoms. The molecule has 0 saturated carbocycles. The number of aromatic nitrogens is 2. The van der Waals surface area contributed by atoms with Crippen molar-refractivity contribution >= 4 is 11.9 Å². The van der Waals surface area contributed by atoms with Crippen LogP contribution in [0.1, 0.15) is 52.8 Å². The molecular formula is C15H26N4O2. The summed E-state index contributed by atoms with van der Waals surface area (Å²) in [6.45, 7) is 12.9. The average molecular weight is 294 g/mol. The van der Waals surface area contributed by atoms with Crippen molar-refractivity contribution < 1.29 is 9.53 Å². The summed E-state index contributed by atoms with van der Waals surface area (Å²) in [7, 11) is 0. The molecule has 1 aliphatic rings. The lowest BCUT2D eigenvalue weighted by molar-refractivity contribution is 0.0221. The van der Waals surface area contributed by atoms with Gasteiger partial charge in [-0.15, -0.1) is 0 Å². The minimum Gasteiger partial charge on any atom is -0.444 e. The molecule has 1 aromatic heterocycles. The molecule has 0 unspecified atom stereocenters. The minimum absolute atomic E-state index is 0.168. The number of nitrogens with zero attached hydrogens (tertiary/aromatic N) is 3. The molecule has 0 fully saturated rings. The van der Waals surface area contributed by atoms with Gasteiger partial charge in [0, 0.05) is 12.1 Å². The van der Waals surface area contributed by atoms with Crippen LogP contribution < -0.4 is 5.73 Å². The predicted molar refractivity (Wildman–Crippen MR) is 82.0 cm³/mol. The van der Waals surface area contributed by atoms with Crippen LogP contribution in [0.25, 0.3) is 0 Å². The van der Waals surface area contributed by atoms with Crippen LogP contribution in [0.4, 0.5) is 10.6 Å². The van der Waals surface area contributed by atoms with E-state index >= 15 is 0 Å². The third-order valence-corrected chi connectivity index (χ3v) is 3.37. The Bertz CT molecular complexity index is 549. The Kier molecular flexibility index (Phi) is 3.68. The summed E-state index contributed by atoms with van der Waals surface area (Å²) in [5.41, 5.74) is 7.48. The Morgan fingerprint density at radius 1 is 1.24 bits per heavy atom. The van der Waals surface area contributed by atoms with E-state index in [4.69, 9.17) is 10.5 Å². The molecule has 2 heterocycles. The van der Waals surface area contributed by atoms with Gasteiger partial charge in [-0.1, -0.05) is 0 Å². The summed E-state index contributed by atoms with van der Waals surface area (Å²) < 4.78 is 7.26. The van der Waals surface area contributed by atoms with Gasteiger partial charge in [0.05, 0.1) is 17.8 Å². The van der Waals surface area contributed by atoms with Gasteiger partial charge in [-0.3, -0.25) is 0 Å². The van der Waals surface area contributed by atoms with E-state index in [1.54, 1.807) is 4.90 Å². The van der Waals surface area contributed by atoms with Crippen molar-refractivity contribution in [2.75, 3.05) is 12.3 Å². The first-order chi connectivity index (χ1) is 9.49. The van der Waals surface area contributed by atoms with Crippen LogP contribution in [0.2, 0.25) is 0 Å². The molecule has 0 bridgehead atoms. The topological polar surface area (TPSA) is 73.4 Å². The molecule has 0 saturated heterocycles. The number of hydrogen-bond donors (Lipinski definition) is 1. The van der Waals surface area contributed by atoms with Crippen molar-refractivity contribution in [1.82, 2.24) is 14.7 Å². The first-order valence-corrected chi connectivity index (χ1v) is 7.34. The molecule has 1 aromatic rings. The average Bonchev–Trinajstić information content (AvgIpc) is 2.64. The molecule has 1 amide bonds. The molecular weight excluding hydrogens is 268 g/mol. The zero-order valence-electron chi connectivity index (χ0n) is 13.9. The van der Waals surface area contributed by atoms with Crippen LogP contribution in [0, 0.1) is 0 Å². The normalized spacial score (nSPS) is 15.8. The Hall–Kier alpha value is -1.72. The summed E-state index contributed by atoms with van der Waals surface area (Å²) in [5.74, 6) is 0.710. The fraction of sp³-hybridized carbons (Fsp3) is 0.733. The first-order valence-electron chi connectivity index (χ1n) is 7.34. The summed E-state index contributed by atoms with van der Waals surface area (Å²) in [6.07, 6.45) is 0.424. The molecule has 0 aromatic carbocycles. The third kappa shape index (κ3) is 3.31. The zero-order chi connectivity index (χ0) is 16.0. The smallest absolute Gasteiger partial charge is 0.410 e. The molecule has 2 rings (SSSR count). The maximum Gasteiger partial charge on any atom is 0.410 e. The van der Waals surface area contributed by atoms with Crippen LogP contribution in [-0.2, 0) is 23.2 Å². The van der Waals surface area contributed by atoms with E-state index < -0.39 is 5.60 Å². The van der Waals surface area contributed by atoms with Gasteiger partial charge in [0.2, 0.25) is 0 Å². The predicted octanol–water partition coefficient (Wildman–Crippen LogP) is 2.51. The first kappa shape index (κ1) is 15.7. The van der Waals surface area contributed by atoms with Crippen molar-refractivity contribution in [3.8, 4) is 0 Å². The van der Waals surface area contributed by atoms with Gasteiger partial charge >= 0.3 is 6.09 Å². The Morgan fingerprint density at radius 3 is 2.38 bits per heavy atom. The largest absolute Gasteiger partial charge is 0.444 e. The molecule has 6 nitrogen and oxygen atoms in total. The van der Waals surface area contributed by atoms with Crippen molar-refractivity contribution in [2.24, 2.45) is 0 Å². The van der Waals surface area contributed by atoms with Crippen LogP contribution in [-0.4, -0.2) is 32.9 Å². The van der Waals surface area contributed by atoms with E-state index in [0.29, 0.717) is 18.9 Å². The fourth-order valence-corrected chi connectivity index (χ4v) is 2.41. The van der Waals surface area contributed by atoms with Crippen LogP contribution in [0.15, 0.2) is 0 Å². The van der Waals surface area contributed by atoms with Crippen LogP contribution >= 0.6 is 0 Å². The quantitative estimate of drug-likeness (QED) is 0.798. The van der Waals surface area contributed by atoms with E-state index in [1.807, 2.05) is 25.5 Å². The van der Waals surface area contributed by atoms with Gasteiger partial charge < -0.3 is 15.4 Å². The maximum absolute atomic E-state index is 12.2. The van der Waals surface area contributed by atoms with E-state index in [0.717, 1.165) is 17.7 Å². The molecule has 6 heteroatoms. The van der Waals surface area contributed by atoms with Crippen molar-refractivity contribution in [3.63, 3.8) is 0 Å². The molecule has 0 atom stereocenters.